The molecule has 0 aliphatic rings. The summed E-state index contributed by atoms with van der Waals surface area (Å²) in [5.74, 6) is -1.32. The number of carboxylic acids is 1. The molecule has 2 amide bonds. The monoisotopic (exact) mass is 232 g/mol. The van der Waals surface area contributed by atoms with Gasteiger partial charge in [0.05, 0.1) is 13.2 Å². The first-order chi connectivity index (χ1) is 7.56. The molecule has 0 bridgehead atoms. The predicted molar refractivity (Wildman–Crippen MR) is 55.9 cm³/mol. The highest BCUT2D eigenvalue weighted by Crippen LogP contribution is 1.92. The van der Waals surface area contributed by atoms with Crippen LogP contribution in [0.15, 0.2) is 12.7 Å². The normalized spacial score (nSPS) is 11.6. The summed E-state index contributed by atoms with van der Waals surface area (Å²) >= 11 is 0. The number of nitrogens with one attached hydrogen (secondary N) is 1. The van der Waals surface area contributed by atoms with E-state index in [1.807, 2.05) is 0 Å². The smallest absolute Gasteiger partial charge is 0.328 e. The van der Waals surface area contributed by atoms with E-state index in [9.17, 15) is 9.59 Å². The topological polar surface area (TPSA) is 110 Å². The molecule has 7 heteroatoms. The molecule has 0 aromatic rings. The van der Waals surface area contributed by atoms with Gasteiger partial charge in [-0.05, 0) is 0 Å². The molecule has 0 fully saturated rings. The molecule has 0 unspecified atom stereocenters. The van der Waals surface area contributed by atoms with Gasteiger partial charge >= 0.3 is 12.0 Å². The fraction of sp³-hybridized carbons (Fsp3) is 0.556. The minimum atomic E-state index is -1.35. The molecule has 7 nitrogen and oxygen atoms in total. The molecule has 0 aromatic heterocycles. The maximum absolute atomic E-state index is 11.5. The first-order valence-electron chi connectivity index (χ1n) is 4.67. The lowest BCUT2D eigenvalue weighted by molar-refractivity contribution is -0.140. The standard InChI is InChI=1S/C9H16N2O5/c1-2-3-11(4-5-12)9(16)10-7(6-13)8(14)15/h2,7,12-13H,1,3-6H2,(H,10,16)(H,14,15)/t7-/m0/s1. The van der Waals surface area contributed by atoms with Crippen molar-refractivity contribution < 1.29 is 24.9 Å². The zero-order chi connectivity index (χ0) is 12.6. The number of aliphatic hydroxyl groups excluding tert-OH is 2. The van der Waals surface area contributed by atoms with Gasteiger partial charge in [0.1, 0.15) is 0 Å². The first-order valence-corrected chi connectivity index (χ1v) is 4.67. The van der Waals surface area contributed by atoms with E-state index in [1.54, 1.807) is 0 Å². The average molecular weight is 232 g/mol. The Morgan fingerprint density at radius 1 is 1.44 bits per heavy atom. The lowest BCUT2D eigenvalue weighted by Crippen LogP contribution is -2.50. The van der Waals surface area contributed by atoms with E-state index in [4.69, 9.17) is 15.3 Å². The number of aliphatic hydroxyl groups is 2. The Kier molecular flexibility index (Phi) is 6.89. The molecule has 0 heterocycles. The van der Waals surface area contributed by atoms with Crippen molar-refractivity contribution in [1.82, 2.24) is 10.2 Å². The van der Waals surface area contributed by atoms with Crippen LogP contribution in [0, 0.1) is 0 Å². The average Bonchev–Trinajstić information content (AvgIpc) is 2.24. The van der Waals surface area contributed by atoms with Crippen molar-refractivity contribution in [3.63, 3.8) is 0 Å². The van der Waals surface area contributed by atoms with E-state index in [0.29, 0.717) is 0 Å². The summed E-state index contributed by atoms with van der Waals surface area (Å²) in [4.78, 5) is 23.2. The van der Waals surface area contributed by atoms with Crippen molar-refractivity contribution in [1.29, 1.82) is 0 Å². The summed E-state index contributed by atoms with van der Waals surface area (Å²) in [6, 6.07) is -2.02. The second-order valence-corrected chi connectivity index (χ2v) is 2.98. The summed E-state index contributed by atoms with van der Waals surface area (Å²) in [6.07, 6.45) is 1.45. The molecule has 0 aromatic carbocycles. The Balaban J connectivity index is 4.37. The van der Waals surface area contributed by atoms with Gasteiger partial charge in [-0.3, -0.25) is 0 Å². The van der Waals surface area contributed by atoms with Crippen LogP contribution in [0.5, 0.6) is 0 Å². The van der Waals surface area contributed by atoms with Crippen molar-refractivity contribution >= 4 is 12.0 Å². The molecule has 0 spiro atoms. The number of urea groups is 1. The van der Waals surface area contributed by atoms with Crippen LogP contribution >= 0.6 is 0 Å². The highest BCUT2D eigenvalue weighted by atomic mass is 16.4. The van der Waals surface area contributed by atoms with Gasteiger partial charge in [-0.15, -0.1) is 6.58 Å². The number of carbonyl (C=O) groups excluding carboxylic acids is 1. The second kappa shape index (κ2) is 7.66. The van der Waals surface area contributed by atoms with Crippen LogP contribution in [0.25, 0.3) is 0 Å². The third-order valence-corrected chi connectivity index (χ3v) is 1.78. The van der Waals surface area contributed by atoms with E-state index in [1.165, 1.54) is 11.0 Å². The van der Waals surface area contributed by atoms with E-state index in [2.05, 4.69) is 11.9 Å². The number of hydrogen-bond acceptors (Lipinski definition) is 4. The Bertz CT molecular complexity index is 256. The molecule has 0 saturated heterocycles. The molecule has 0 aliphatic carbocycles. The Hall–Kier alpha value is -1.60. The molecular formula is C9H16N2O5. The summed E-state index contributed by atoms with van der Waals surface area (Å²) in [6.45, 7) is 2.75. The second-order valence-electron chi connectivity index (χ2n) is 2.98. The summed E-state index contributed by atoms with van der Waals surface area (Å²) < 4.78 is 0. The van der Waals surface area contributed by atoms with E-state index in [0.717, 1.165) is 0 Å². The number of carbonyl (C=O) groups is 2. The van der Waals surface area contributed by atoms with Crippen molar-refractivity contribution in [2.75, 3.05) is 26.3 Å². The first kappa shape index (κ1) is 14.4. The van der Waals surface area contributed by atoms with Crippen LogP contribution in [0.2, 0.25) is 0 Å². The Morgan fingerprint density at radius 2 is 2.06 bits per heavy atom. The molecule has 0 aliphatic heterocycles. The van der Waals surface area contributed by atoms with Crippen LogP contribution in [0.1, 0.15) is 0 Å². The highest BCUT2D eigenvalue weighted by molar-refractivity contribution is 5.82. The fourth-order valence-electron chi connectivity index (χ4n) is 0.978. The molecule has 0 saturated carbocycles. The maximum Gasteiger partial charge on any atom is 0.328 e. The molecule has 4 N–H and O–H groups in total. The van der Waals surface area contributed by atoms with Crippen molar-refractivity contribution in [2.45, 2.75) is 6.04 Å². The van der Waals surface area contributed by atoms with Crippen LogP contribution in [-0.2, 0) is 4.79 Å². The molecule has 0 radical (unpaired) electrons. The van der Waals surface area contributed by atoms with Gasteiger partial charge in [0.2, 0.25) is 0 Å². The van der Waals surface area contributed by atoms with E-state index < -0.39 is 24.6 Å². The molecule has 1 atom stereocenters. The number of carboxylic acid groups (broad SMARTS) is 1. The lowest BCUT2D eigenvalue weighted by Gasteiger charge is -2.22. The summed E-state index contributed by atoms with van der Waals surface area (Å²) in [5, 5.41) is 28.1. The number of nitrogens with zero attached hydrogens (tertiary/aromatic N) is 1. The van der Waals surface area contributed by atoms with Gasteiger partial charge in [0, 0.05) is 13.1 Å². The van der Waals surface area contributed by atoms with Gasteiger partial charge in [0.25, 0.3) is 0 Å². The lowest BCUT2D eigenvalue weighted by atomic mass is 10.3. The molecular weight excluding hydrogens is 216 g/mol. The third-order valence-electron chi connectivity index (χ3n) is 1.78. The number of hydrogen-bond donors (Lipinski definition) is 4. The zero-order valence-electron chi connectivity index (χ0n) is 8.80. The largest absolute Gasteiger partial charge is 0.480 e. The number of aliphatic carboxylic acids is 1. The third kappa shape index (κ3) is 4.76. The molecule has 16 heavy (non-hydrogen) atoms. The Labute approximate surface area is 93.0 Å². The van der Waals surface area contributed by atoms with Gasteiger partial charge < -0.3 is 25.5 Å². The van der Waals surface area contributed by atoms with Gasteiger partial charge in [-0.2, -0.15) is 0 Å². The highest BCUT2D eigenvalue weighted by Gasteiger charge is 2.21. The van der Waals surface area contributed by atoms with Crippen LogP contribution in [0.3, 0.4) is 0 Å². The minimum absolute atomic E-state index is 0.0651. The Morgan fingerprint density at radius 3 is 2.44 bits per heavy atom. The fourth-order valence-corrected chi connectivity index (χ4v) is 0.978. The number of amides is 2. The quantitative estimate of drug-likeness (QED) is 0.404. The van der Waals surface area contributed by atoms with Crippen LogP contribution in [-0.4, -0.2) is 64.6 Å². The van der Waals surface area contributed by atoms with Gasteiger partial charge in [-0.25, -0.2) is 9.59 Å². The van der Waals surface area contributed by atoms with E-state index in [-0.39, 0.29) is 19.7 Å². The zero-order valence-corrected chi connectivity index (χ0v) is 8.80. The van der Waals surface area contributed by atoms with Crippen molar-refractivity contribution in [3.8, 4) is 0 Å². The van der Waals surface area contributed by atoms with Crippen molar-refractivity contribution in [2.24, 2.45) is 0 Å². The van der Waals surface area contributed by atoms with Crippen LogP contribution < -0.4 is 5.32 Å². The maximum atomic E-state index is 11.5. The SMILES string of the molecule is C=CCN(CCO)C(=O)N[C@@H](CO)C(=O)O. The molecule has 0 rings (SSSR count). The van der Waals surface area contributed by atoms with Gasteiger partial charge in [-0.1, -0.05) is 6.08 Å². The predicted octanol–water partition coefficient (Wildman–Crippen LogP) is -1.38. The van der Waals surface area contributed by atoms with Crippen LogP contribution in [0.4, 0.5) is 4.79 Å². The summed E-state index contributed by atoms with van der Waals surface area (Å²) in [7, 11) is 0. The van der Waals surface area contributed by atoms with Gasteiger partial charge in [0.15, 0.2) is 6.04 Å². The van der Waals surface area contributed by atoms with Crippen molar-refractivity contribution in [3.05, 3.63) is 12.7 Å². The summed E-state index contributed by atoms with van der Waals surface area (Å²) in [5.41, 5.74) is 0. The minimum Gasteiger partial charge on any atom is -0.480 e. The molecule has 92 valence electrons. The van der Waals surface area contributed by atoms with E-state index >= 15 is 0 Å². The number of rotatable bonds is 7.